The van der Waals surface area contributed by atoms with Gasteiger partial charge in [-0.15, -0.1) is 0 Å². The quantitative estimate of drug-likeness (QED) is 0.432. The van der Waals surface area contributed by atoms with E-state index in [0.29, 0.717) is 0 Å². The van der Waals surface area contributed by atoms with Crippen molar-refractivity contribution in [1.29, 1.82) is 0 Å². The number of rotatable bonds is 0. The van der Waals surface area contributed by atoms with Crippen LogP contribution < -0.4 is 0 Å². The summed E-state index contributed by atoms with van der Waals surface area (Å²) >= 11 is 0. The molecule has 0 aromatic heterocycles. The van der Waals surface area contributed by atoms with Crippen molar-refractivity contribution in [3.63, 3.8) is 0 Å². The molecule has 0 aliphatic carbocycles. The highest BCUT2D eigenvalue weighted by Gasteiger charge is 2.52. The minimum atomic E-state index is -0.994. The summed E-state index contributed by atoms with van der Waals surface area (Å²) < 4.78 is 4.96. The molecule has 0 radical (unpaired) electrons. The maximum Gasteiger partial charge on any atom is 0.167 e. The third-order valence-corrected chi connectivity index (χ3v) is 2.08. The van der Waals surface area contributed by atoms with Gasteiger partial charge in [0.25, 0.3) is 0 Å². The van der Waals surface area contributed by atoms with Crippen LogP contribution in [-0.2, 0) is 9.53 Å². The standard InChI is InChI=1S/C6H8O4/c7-2-1-3-4(8)5(9)6(2)10-3/h3-6,8-9H,1H2. The van der Waals surface area contributed by atoms with Gasteiger partial charge in [-0.3, -0.25) is 4.79 Å². The predicted molar refractivity (Wildman–Crippen MR) is 30.3 cm³/mol. The lowest BCUT2D eigenvalue weighted by molar-refractivity contribution is -0.127. The predicted octanol–water partition coefficient (Wildman–Crippen LogP) is -1.55. The third-order valence-electron chi connectivity index (χ3n) is 2.08. The first-order chi connectivity index (χ1) is 4.70. The fourth-order valence-corrected chi connectivity index (χ4v) is 1.50. The molecular weight excluding hydrogens is 136 g/mol. The highest BCUT2D eigenvalue weighted by atomic mass is 16.6. The highest BCUT2D eigenvalue weighted by Crippen LogP contribution is 2.31. The van der Waals surface area contributed by atoms with E-state index in [-0.39, 0.29) is 12.2 Å². The van der Waals surface area contributed by atoms with Crippen molar-refractivity contribution in [2.75, 3.05) is 0 Å². The minimum absolute atomic E-state index is 0.0946. The first-order valence-corrected chi connectivity index (χ1v) is 3.24. The van der Waals surface area contributed by atoms with Gasteiger partial charge in [0.15, 0.2) is 5.78 Å². The van der Waals surface area contributed by atoms with Crippen LogP contribution in [0, 0.1) is 0 Å². The van der Waals surface area contributed by atoms with Crippen molar-refractivity contribution in [3.05, 3.63) is 0 Å². The van der Waals surface area contributed by atoms with Crippen molar-refractivity contribution in [2.24, 2.45) is 0 Å². The molecule has 2 heterocycles. The number of hydrogen-bond acceptors (Lipinski definition) is 4. The Morgan fingerprint density at radius 3 is 2.50 bits per heavy atom. The largest absolute Gasteiger partial charge is 0.388 e. The Bertz CT molecular complexity index is 177. The second-order valence-electron chi connectivity index (χ2n) is 2.75. The lowest BCUT2D eigenvalue weighted by Crippen LogP contribution is -2.41. The molecule has 0 aromatic rings. The van der Waals surface area contributed by atoms with Crippen molar-refractivity contribution in [2.45, 2.75) is 30.8 Å². The fourth-order valence-electron chi connectivity index (χ4n) is 1.50. The Morgan fingerprint density at radius 2 is 2.10 bits per heavy atom. The molecule has 2 rings (SSSR count). The topological polar surface area (TPSA) is 66.8 Å². The summed E-state index contributed by atoms with van der Waals surface area (Å²) in [6, 6.07) is 0. The molecule has 56 valence electrons. The Hall–Kier alpha value is -0.450. The van der Waals surface area contributed by atoms with E-state index in [2.05, 4.69) is 0 Å². The van der Waals surface area contributed by atoms with Gasteiger partial charge in [-0.25, -0.2) is 0 Å². The van der Waals surface area contributed by atoms with Crippen molar-refractivity contribution in [1.82, 2.24) is 0 Å². The number of carbonyl (C=O) groups is 1. The van der Waals surface area contributed by atoms with E-state index in [1.807, 2.05) is 0 Å². The van der Waals surface area contributed by atoms with Gasteiger partial charge >= 0.3 is 0 Å². The maximum absolute atomic E-state index is 10.8. The number of hydrogen-bond donors (Lipinski definition) is 2. The Balaban J connectivity index is 2.24. The summed E-state index contributed by atoms with van der Waals surface area (Å²) in [4.78, 5) is 10.8. The Labute approximate surface area is 57.4 Å². The van der Waals surface area contributed by atoms with Gasteiger partial charge in [0.1, 0.15) is 18.3 Å². The third kappa shape index (κ3) is 0.584. The van der Waals surface area contributed by atoms with Crippen molar-refractivity contribution < 1.29 is 19.7 Å². The number of ketones is 1. The van der Waals surface area contributed by atoms with Crippen LogP contribution in [0.15, 0.2) is 0 Å². The Kier molecular flexibility index (Phi) is 1.12. The van der Waals surface area contributed by atoms with Crippen LogP contribution >= 0.6 is 0 Å². The molecule has 10 heavy (non-hydrogen) atoms. The second kappa shape index (κ2) is 1.78. The normalized spacial score (nSPS) is 52.4. The molecule has 0 spiro atoms. The molecule has 2 aliphatic heterocycles. The maximum atomic E-state index is 10.8. The summed E-state index contributed by atoms with van der Waals surface area (Å²) in [5.41, 5.74) is 0. The number of fused-ring (bicyclic) bond motifs is 2. The zero-order valence-corrected chi connectivity index (χ0v) is 5.23. The zero-order valence-electron chi connectivity index (χ0n) is 5.23. The molecule has 4 nitrogen and oxygen atoms in total. The van der Waals surface area contributed by atoms with Crippen LogP contribution in [0.25, 0.3) is 0 Å². The number of aliphatic hydroxyl groups excluding tert-OH is 2. The smallest absolute Gasteiger partial charge is 0.167 e. The summed E-state index contributed by atoms with van der Waals surface area (Å²) in [6.07, 6.45) is -2.80. The van der Waals surface area contributed by atoms with E-state index in [1.54, 1.807) is 0 Å². The van der Waals surface area contributed by atoms with Gasteiger partial charge in [-0.1, -0.05) is 0 Å². The molecule has 0 saturated carbocycles. The van der Waals surface area contributed by atoms with Crippen LogP contribution in [0.3, 0.4) is 0 Å². The molecule has 0 amide bonds. The minimum Gasteiger partial charge on any atom is -0.388 e. The SMILES string of the molecule is O=C1CC2OC1C(O)C2O. The molecule has 4 heteroatoms. The van der Waals surface area contributed by atoms with Gasteiger partial charge in [0.05, 0.1) is 6.10 Å². The summed E-state index contributed by atoms with van der Waals surface area (Å²) in [5, 5.41) is 18.1. The highest BCUT2D eigenvalue weighted by molar-refractivity contribution is 5.87. The van der Waals surface area contributed by atoms with E-state index in [4.69, 9.17) is 14.9 Å². The molecule has 2 fully saturated rings. The molecule has 4 atom stereocenters. The van der Waals surface area contributed by atoms with Crippen molar-refractivity contribution >= 4 is 5.78 Å². The lowest BCUT2D eigenvalue weighted by Gasteiger charge is -2.16. The first kappa shape index (κ1) is 6.27. The van der Waals surface area contributed by atoms with Gasteiger partial charge in [-0.2, -0.15) is 0 Å². The number of Topliss-reactive ketones (excluding diaryl/α,β-unsaturated/α-hetero) is 1. The van der Waals surface area contributed by atoms with E-state index in [1.165, 1.54) is 0 Å². The molecule has 2 aliphatic rings. The first-order valence-electron chi connectivity index (χ1n) is 3.24. The van der Waals surface area contributed by atoms with E-state index in [9.17, 15) is 4.79 Å². The van der Waals surface area contributed by atoms with Crippen LogP contribution in [-0.4, -0.2) is 40.4 Å². The molecule has 2 N–H and O–H groups in total. The van der Waals surface area contributed by atoms with Crippen LogP contribution in [0.4, 0.5) is 0 Å². The average Bonchev–Trinajstić information content (AvgIpc) is 2.36. The molecule has 0 aromatic carbocycles. The molecule has 2 bridgehead atoms. The number of aliphatic hydroxyl groups is 2. The van der Waals surface area contributed by atoms with E-state index >= 15 is 0 Å². The zero-order chi connectivity index (χ0) is 7.30. The summed E-state index contributed by atoms with van der Waals surface area (Å²) in [5.74, 6) is -0.0946. The van der Waals surface area contributed by atoms with Gasteiger partial charge < -0.3 is 14.9 Å². The molecule has 4 unspecified atom stereocenters. The van der Waals surface area contributed by atoms with Crippen molar-refractivity contribution in [3.8, 4) is 0 Å². The average molecular weight is 144 g/mol. The van der Waals surface area contributed by atoms with Crippen LogP contribution in [0.1, 0.15) is 6.42 Å². The lowest BCUT2D eigenvalue weighted by atomic mass is 9.94. The van der Waals surface area contributed by atoms with E-state index < -0.39 is 24.4 Å². The van der Waals surface area contributed by atoms with Gasteiger partial charge in [-0.05, 0) is 0 Å². The fraction of sp³-hybridized carbons (Fsp3) is 0.833. The van der Waals surface area contributed by atoms with Crippen LogP contribution in [0.2, 0.25) is 0 Å². The van der Waals surface area contributed by atoms with Gasteiger partial charge in [0, 0.05) is 6.42 Å². The number of ether oxygens (including phenoxy) is 1. The second-order valence-corrected chi connectivity index (χ2v) is 2.75. The van der Waals surface area contributed by atoms with Gasteiger partial charge in [0.2, 0.25) is 0 Å². The molecular formula is C6H8O4. The summed E-state index contributed by atoms with van der Waals surface area (Å²) in [7, 11) is 0. The monoisotopic (exact) mass is 144 g/mol. The number of carbonyl (C=O) groups excluding carboxylic acids is 1. The van der Waals surface area contributed by atoms with Crippen LogP contribution in [0.5, 0.6) is 0 Å². The van der Waals surface area contributed by atoms with E-state index in [0.717, 1.165) is 0 Å². The molecule has 2 saturated heterocycles. The Morgan fingerprint density at radius 1 is 1.40 bits per heavy atom. The summed E-state index contributed by atoms with van der Waals surface area (Å²) in [6.45, 7) is 0.